The lowest BCUT2D eigenvalue weighted by Crippen LogP contribution is -2.59. The van der Waals surface area contributed by atoms with Gasteiger partial charge >= 0.3 is 0 Å². The van der Waals surface area contributed by atoms with E-state index in [0.717, 1.165) is 13.1 Å². The molecule has 1 rings (SSSR count). The molecule has 0 saturated carbocycles. The molecule has 0 spiro atoms. The van der Waals surface area contributed by atoms with E-state index in [2.05, 4.69) is 10.6 Å². The Labute approximate surface area is 95.6 Å². The van der Waals surface area contributed by atoms with Crippen molar-refractivity contribution < 1.29 is 9.59 Å². The third kappa shape index (κ3) is 2.97. The van der Waals surface area contributed by atoms with Gasteiger partial charge in [-0.1, -0.05) is 0 Å². The average molecular weight is 223 g/mol. The summed E-state index contributed by atoms with van der Waals surface area (Å²) < 4.78 is 0. The number of rotatable bonds is 2. The highest BCUT2D eigenvalue weighted by Gasteiger charge is 2.33. The summed E-state index contributed by atoms with van der Waals surface area (Å²) in [4.78, 5) is 24.9. The van der Waals surface area contributed by atoms with Gasteiger partial charge in [0.1, 0.15) is 5.54 Å². The van der Waals surface area contributed by atoms with Crippen molar-refractivity contribution >= 4 is 11.8 Å². The summed E-state index contributed by atoms with van der Waals surface area (Å²) in [6.07, 6.45) is 4.96. The van der Waals surface area contributed by atoms with E-state index in [9.17, 15) is 9.59 Å². The molecule has 1 aliphatic rings. The van der Waals surface area contributed by atoms with E-state index in [1.54, 1.807) is 18.7 Å². The lowest BCUT2D eigenvalue weighted by atomic mass is 10.0. The zero-order valence-corrected chi connectivity index (χ0v) is 9.67. The van der Waals surface area contributed by atoms with Crippen LogP contribution >= 0.6 is 0 Å². The van der Waals surface area contributed by atoms with E-state index in [1.165, 1.54) is 0 Å². The maximum Gasteiger partial charge on any atom is 0.296 e. The molecule has 2 amide bonds. The minimum absolute atomic E-state index is 0.0994. The molecule has 88 valence electrons. The first-order valence-electron chi connectivity index (χ1n) is 5.26. The molecule has 5 heteroatoms. The van der Waals surface area contributed by atoms with E-state index in [0.29, 0.717) is 13.1 Å². The highest BCUT2D eigenvalue weighted by molar-refractivity contribution is 5.98. The van der Waals surface area contributed by atoms with Crippen molar-refractivity contribution in [2.45, 2.75) is 19.4 Å². The summed E-state index contributed by atoms with van der Waals surface area (Å²) in [6.45, 7) is 6.21. The van der Waals surface area contributed by atoms with Gasteiger partial charge in [0, 0.05) is 26.2 Å². The number of amides is 2. The molecule has 5 nitrogen and oxygen atoms in total. The molecule has 1 aliphatic heterocycles. The largest absolute Gasteiger partial charge is 0.338 e. The Balaban J connectivity index is 2.63. The Morgan fingerprint density at radius 3 is 2.44 bits per heavy atom. The topological polar surface area (TPSA) is 61.4 Å². The maximum absolute atomic E-state index is 12.1. The lowest BCUT2D eigenvalue weighted by molar-refractivity contribution is -0.139. The van der Waals surface area contributed by atoms with Crippen LogP contribution in [0.15, 0.2) is 0 Å². The number of nitrogens with zero attached hydrogens (tertiary/aromatic N) is 1. The molecule has 0 aromatic carbocycles. The van der Waals surface area contributed by atoms with Crippen LogP contribution < -0.4 is 10.6 Å². The second kappa shape index (κ2) is 4.99. The summed E-state index contributed by atoms with van der Waals surface area (Å²) in [5.74, 6) is 1.28. The molecule has 0 aromatic rings. The van der Waals surface area contributed by atoms with Crippen LogP contribution in [0.1, 0.15) is 13.8 Å². The van der Waals surface area contributed by atoms with Crippen molar-refractivity contribution in [3.63, 3.8) is 0 Å². The first kappa shape index (κ1) is 12.5. The van der Waals surface area contributed by atoms with Crippen molar-refractivity contribution in [1.29, 1.82) is 0 Å². The summed E-state index contributed by atoms with van der Waals surface area (Å²) in [7, 11) is 0. The van der Waals surface area contributed by atoms with Crippen LogP contribution in [-0.4, -0.2) is 48.4 Å². The normalized spacial score (nSPS) is 16.4. The van der Waals surface area contributed by atoms with Crippen molar-refractivity contribution in [2.75, 3.05) is 26.2 Å². The fourth-order valence-corrected chi connectivity index (χ4v) is 1.64. The molecular weight excluding hydrogens is 206 g/mol. The molecule has 0 aliphatic carbocycles. The third-order valence-corrected chi connectivity index (χ3v) is 2.50. The molecule has 1 fully saturated rings. The van der Waals surface area contributed by atoms with Crippen LogP contribution in [0, 0.1) is 12.3 Å². The van der Waals surface area contributed by atoms with Crippen LogP contribution in [0.4, 0.5) is 0 Å². The van der Waals surface area contributed by atoms with Gasteiger partial charge in [0.25, 0.3) is 5.91 Å². The first-order chi connectivity index (χ1) is 7.47. The Kier molecular flexibility index (Phi) is 3.91. The molecule has 1 saturated heterocycles. The molecule has 16 heavy (non-hydrogen) atoms. The Morgan fingerprint density at radius 2 is 1.94 bits per heavy atom. The zero-order valence-electron chi connectivity index (χ0n) is 9.67. The fourth-order valence-electron chi connectivity index (χ4n) is 1.64. The second-order valence-corrected chi connectivity index (χ2v) is 4.27. The van der Waals surface area contributed by atoms with E-state index < -0.39 is 11.4 Å². The predicted octanol–water partition coefficient (Wildman–Crippen LogP) is -1.05. The van der Waals surface area contributed by atoms with Gasteiger partial charge < -0.3 is 15.5 Å². The van der Waals surface area contributed by atoms with E-state index in [1.807, 2.05) is 5.92 Å². The van der Waals surface area contributed by atoms with Crippen LogP contribution in [-0.2, 0) is 9.59 Å². The van der Waals surface area contributed by atoms with E-state index >= 15 is 0 Å². The number of nitrogens with one attached hydrogen (secondary N) is 2. The molecule has 0 unspecified atom stereocenters. The Bertz CT molecular complexity index is 325. The molecule has 0 bridgehead atoms. The van der Waals surface area contributed by atoms with Gasteiger partial charge in [0.15, 0.2) is 0 Å². The highest BCUT2D eigenvalue weighted by atomic mass is 16.2. The van der Waals surface area contributed by atoms with Gasteiger partial charge in [-0.25, -0.2) is 0 Å². The van der Waals surface area contributed by atoms with Crippen LogP contribution in [0.2, 0.25) is 0 Å². The van der Waals surface area contributed by atoms with Crippen molar-refractivity contribution in [3.05, 3.63) is 0 Å². The molecule has 2 N–H and O–H groups in total. The highest BCUT2D eigenvalue weighted by Crippen LogP contribution is 2.08. The first-order valence-corrected chi connectivity index (χ1v) is 5.26. The SMILES string of the molecule is C#CC(=O)NC(C)(C)C(=O)N1CCNCC1. The number of hydrogen-bond acceptors (Lipinski definition) is 3. The Hall–Kier alpha value is -1.54. The standard InChI is InChI=1S/C11H17N3O2/c1-4-9(15)13-11(2,3)10(16)14-7-5-12-6-8-14/h1,12H,5-8H2,2-3H3,(H,13,15). The lowest BCUT2D eigenvalue weighted by Gasteiger charge is -2.34. The molecular formula is C11H17N3O2. The summed E-state index contributed by atoms with van der Waals surface area (Å²) in [5.41, 5.74) is -0.944. The summed E-state index contributed by atoms with van der Waals surface area (Å²) in [5, 5.41) is 5.68. The molecule has 0 aromatic heterocycles. The quantitative estimate of drug-likeness (QED) is 0.587. The van der Waals surface area contributed by atoms with Crippen molar-refractivity contribution in [1.82, 2.24) is 15.5 Å². The van der Waals surface area contributed by atoms with Crippen LogP contribution in [0.3, 0.4) is 0 Å². The van der Waals surface area contributed by atoms with Crippen molar-refractivity contribution in [3.8, 4) is 12.3 Å². The minimum Gasteiger partial charge on any atom is -0.338 e. The van der Waals surface area contributed by atoms with E-state index in [4.69, 9.17) is 6.42 Å². The smallest absolute Gasteiger partial charge is 0.296 e. The van der Waals surface area contributed by atoms with Gasteiger partial charge in [-0.15, -0.1) is 6.42 Å². The predicted molar refractivity (Wildman–Crippen MR) is 60.5 cm³/mol. The van der Waals surface area contributed by atoms with Gasteiger partial charge in [-0.2, -0.15) is 0 Å². The maximum atomic E-state index is 12.1. The van der Waals surface area contributed by atoms with Crippen LogP contribution in [0.5, 0.6) is 0 Å². The minimum atomic E-state index is -0.944. The molecule has 1 heterocycles. The number of terminal acetylenes is 1. The number of carbonyl (C=O) groups is 2. The van der Waals surface area contributed by atoms with Gasteiger partial charge in [-0.05, 0) is 19.8 Å². The fraction of sp³-hybridized carbons (Fsp3) is 0.636. The van der Waals surface area contributed by atoms with E-state index in [-0.39, 0.29) is 5.91 Å². The average Bonchev–Trinajstić information content (AvgIpc) is 2.28. The second-order valence-electron chi connectivity index (χ2n) is 4.27. The summed E-state index contributed by atoms with van der Waals surface area (Å²) in [6, 6.07) is 0. The van der Waals surface area contributed by atoms with Gasteiger partial charge in [-0.3, -0.25) is 9.59 Å². The number of piperazine rings is 1. The Morgan fingerprint density at radius 1 is 1.38 bits per heavy atom. The number of hydrogen-bond donors (Lipinski definition) is 2. The van der Waals surface area contributed by atoms with Crippen LogP contribution in [0.25, 0.3) is 0 Å². The summed E-state index contributed by atoms with van der Waals surface area (Å²) >= 11 is 0. The zero-order chi connectivity index (χ0) is 12.2. The molecule has 0 radical (unpaired) electrons. The van der Waals surface area contributed by atoms with Gasteiger partial charge in [0.2, 0.25) is 5.91 Å². The van der Waals surface area contributed by atoms with Crippen molar-refractivity contribution in [2.24, 2.45) is 0 Å². The number of carbonyl (C=O) groups excluding carboxylic acids is 2. The third-order valence-electron chi connectivity index (χ3n) is 2.50. The molecule has 0 atom stereocenters. The van der Waals surface area contributed by atoms with Gasteiger partial charge in [0.05, 0.1) is 0 Å². The monoisotopic (exact) mass is 223 g/mol.